The Morgan fingerprint density at radius 3 is 1.82 bits per heavy atom. The lowest BCUT2D eigenvalue weighted by molar-refractivity contribution is 1.64. The summed E-state index contributed by atoms with van der Waals surface area (Å²) in [6.07, 6.45) is 0. The van der Waals surface area contributed by atoms with Crippen LogP contribution in [0.2, 0.25) is 0 Å². The molecule has 0 unspecified atom stereocenters. The molecule has 4 aromatic carbocycles. The van der Waals surface area contributed by atoms with E-state index in [4.69, 9.17) is 11.5 Å². The van der Waals surface area contributed by atoms with Crippen molar-refractivity contribution in [3.63, 3.8) is 0 Å². The van der Waals surface area contributed by atoms with E-state index in [2.05, 4.69) is 54.6 Å². The normalized spacial score (nSPS) is 11.1. The van der Waals surface area contributed by atoms with Crippen molar-refractivity contribution in [2.75, 3.05) is 11.5 Å². The highest BCUT2D eigenvalue weighted by Crippen LogP contribution is 2.40. The molecule has 0 saturated carbocycles. The van der Waals surface area contributed by atoms with Crippen LogP contribution < -0.4 is 11.5 Å². The van der Waals surface area contributed by atoms with Crippen molar-refractivity contribution in [3.8, 4) is 11.1 Å². The van der Waals surface area contributed by atoms with Gasteiger partial charge in [-0.2, -0.15) is 0 Å². The highest BCUT2D eigenvalue weighted by molar-refractivity contribution is 6.14. The maximum absolute atomic E-state index is 6.27. The monoisotopic (exact) mass is 284 g/mol. The summed E-state index contributed by atoms with van der Waals surface area (Å²) in [5.41, 5.74) is 15.7. The topological polar surface area (TPSA) is 52.0 Å². The SMILES string of the molecule is Nc1cccc(-c2c3ccccc3cc3ccccc23)c1N. The molecule has 0 radical (unpaired) electrons. The second-order valence-corrected chi connectivity index (χ2v) is 5.50. The molecule has 0 bridgehead atoms. The standard InChI is InChI=1S/C20H16N2/c21-18-11-5-10-17(20(18)22)19-15-8-3-1-6-13(15)12-14-7-2-4-9-16(14)19/h1-12H,21-22H2. The molecule has 0 fully saturated rings. The fraction of sp³-hybridized carbons (Fsp3) is 0. The van der Waals surface area contributed by atoms with Crippen molar-refractivity contribution in [1.29, 1.82) is 0 Å². The molecule has 4 aromatic rings. The lowest BCUT2D eigenvalue weighted by Crippen LogP contribution is -1.97. The summed E-state index contributed by atoms with van der Waals surface area (Å²) in [6, 6.07) is 24.8. The highest BCUT2D eigenvalue weighted by atomic mass is 14.7. The Bertz CT molecular complexity index is 949. The molecule has 4 rings (SSSR count). The minimum absolute atomic E-state index is 0.620. The van der Waals surface area contributed by atoms with E-state index in [9.17, 15) is 0 Å². The molecular weight excluding hydrogens is 268 g/mol. The zero-order chi connectivity index (χ0) is 15.1. The summed E-state index contributed by atoms with van der Waals surface area (Å²) in [4.78, 5) is 0. The zero-order valence-electron chi connectivity index (χ0n) is 12.1. The predicted molar refractivity (Wildman–Crippen MR) is 95.7 cm³/mol. The highest BCUT2D eigenvalue weighted by Gasteiger charge is 2.12. The molecule has 0 heterocycles. The van der Waals surface area contributed by atoms with Crippen LogP contribution in [0.15, 0.2) is 72.8 Å². The lowest BCUT2D eigenvalue weighted by atomic mass is 9.91. The van der Waals surface area contributed by atoms with Gasteiger partial charge in [-0.3, -0.25) is 0 Å². The van der Waals surface area contributed by atoms with Gasteiger partial charge in [0.25, 0.3) is 0 Å². The molecule has 2 nitrogen and oxygen atoms in total. The molecular formula is C20H16N2. The van der Waals surface area contributed by atoms with Gasteiger partial charge in [0.05, 0.1) is 11.4 Å². The number of hydrogen-bond donors (Lipinski definition) is 2. The number of nitrogens with two attached hydrogens (primary N) is 2. The minimum Gasteiger partial charge on any atom is -0.397 e. The first kappa shape index (κ1) is 12.7. The molecule has 0 amide bonds. The van der Waals surface area contributed by atoms with E-state index in [0.29, 0.717) is 11.4 Å². The largest absolute Gasteiger partial charge is 0.397 e. The van der Waals surface area contributed by atoms with Crippen LogP contribution >= 0.6 is 0 Å². The van der Waals surface area contributed by atoms with Crippen LogP contribution in [0.1, 0.15) is 0 Å². The van der Waals surface area contributed by atoms with Crippen molar-refractivity contribution in [1.82, 2.24) is 0 Å². The first-order chi connectivity index (χ1) is 10.8. The van der Waals surface area contributed by atoms with E-state index in [0.717, 1.165) is 11.1 Å². The summed E-state index contributed by atoms with van der Waals surface area (Å²) < 4.78 is 0. The Kier molecular flexibility index (Phi) is 2.76. The van der Waals surface area contributed by atoms with E-state index >= 15 is 0 Å². The maximum Gasteiger partial charge on any atom is 0.0627 e. The quantitative estimate of drug-likeness (QED) is 0.389. The van der Waals surface area contributed by atoms with E-state index in [1.54, 1.807) is 0 Å². The molecule has 22 heavy (non-hydrogen) atoms. The Balaban J connectivity index is 2.24. The number of fused-ring (bicyclic) bond motifs is 2. The van der Waals surface area contributed by atoms with Gasteiger partial charge in [0.1, 0.15) is 0 Å². The molecule has 0 spiro atoms. The second kappa shape index (κ2) is 4.78. The van der Waals surface area contributed by atoms with Gasteiger partial charge < -0.3 is 11.5 Å². The maximum atomic E-state index is 6.27. The second-order valence-electron chi connectivity index (χ2n) is 5.50. The summed E-state index contributed by atoms with van der Waals surface area (Å²) in [6.45, 7) is 0. The first-order valence-electron chi connectivity index (χ1n) is 7.30. The summed E-state index contributed by atoms with van der Waals surface area (Å²) in [5.74, 6) is 0. The fourth-order valence-corrected chi connectivity index (χ4v) is 3.10. The number of benzene rings is 4. The van der Waals surface area contributed by atoms with Gasteiger partial charge in [-0.25, -0.2) is 0 Å². The number of anilines is 2. The molecule has 4 N–H and O–H groups in total. The van der Waals surface area contributed by atoms with Gasteiger partial charge in [0.15, 0.2) is 0 Å². The van der Waals surface area contributed by atoms with E-state index in [-0.39, 0.29) is 0 Å². The molecule has 0 aliphatic rings. The molecule has 0 aliphatic carbocycles. The third-order valence-corrected chi connectivity index (χ3v) is 4.18. The average molecular weight is 284 g/mol. The number of rotatable bonds is 1. The summed E-state index contributed by atoms with van der Waals surface area (Å²) in [5, 5.41) is 4.80. The Morgan fingerprint density at radius 2 is 1.18 bits per heavy atom. The fourth-order valence-electron chi connectivity index (χ4n) is 3.10. The molecule has 0 atom stereocenters. The van der Waals surface area contributed by atoms with Crippen molar-refractivity contribution < 1.29 is 0 Å². The summed E-state index contributed by atoms with van der Waals surface area (Å²) >= 11 is 0. The van der Waals surface area contributed by atoms with Crippen molar-refractivity contribution >= 4 is 32.9 Å². The predicted octanol–water partition coefficient (Wildman–Crippen LogP) is 4.82. The van der Waals surface area contributed by atoms with E-state index < -0.39 is 0 Å². The number of para-hydroxylation sites is 1. The molecule has 0 aromatic heterocycles. The van der Waals surface area contributed by atoms with Crippen LogP contribution in [0.4, 0.5) is 11.4 Å². The molecule has 106 valence electrons. The minimum atomic E-state index is 0.620. The molecule has 0 aliphatic heterocycles. The lowest BCUT2D eigenvalue weighted by Gasteiger charge is -2.14. The van der Waals surface area contributed by atoms with Crippen LogP contribution in [-0.4, -0.2) is 0 Å². The van der Waals surface area contributed by atoms with E-state index in [1.165, 1.54) is 21.5 Å². The Labute approximate surface area is 129 Å². The third kappa shape index (κ3) is 1.81. The van der Waals surface area contributed by atoms with Crippen molar-refractivity contribution in [2.45, 2.75) is 0 Å². The van der Waals surface area contributed by atoms with Crippen molar-refractivity contribution in [3.05, 3.63) is 72.8 Å². The molecule has 2 heteroatoms. The first-order valence-corrected chi connectivity index (χ1v) is 7.30. The van der Waals surface area contributed by atoms with Crippen LogP contribution in [0.5, 0.6) is 0 Å². The third-order valence-electron chi connectivity index (χ3n) is 4.18. The van der Waals surface area contributed by atoms with Crippen LogP contribution in [0.3, 0.4) is 0 Å². The van der Waals surface area contributed by atoms with Gasteiger partial charge in [0.2, 0.25) is 0 Å². The van der Waals surface area contributed by atoms with Crippen molar-refractivity contribution in [2.24, 2.45) is 0 Å². The number of nitrogen functional groups attached to an aromatic ring is 2. The Hall–Kier alpha value is -3.00. The average Bonchev–Trinajstić information content (AvgIpc) is 2.55. The Morgan fingerprint density at radius 1 is 0.591 bits per heavy atom. The van der Waals surface area contributed by atoms with Gasteiger partial charge in [0, 0.05) is 5.56 Å². The number of hydrogen-bond acceptors (Lipinski definition) is 2. The van der Waals surface area contributed by atoms with E-state index in [1.807, 2.05) is 18.2 Å². The van der Waals surface area contributed by atoms with Gasteiger partial charge in [-0.15, -0.1) is 0 Å². The van der Waals surface area contributed by atoms with Gasteiger partial charge >= 0.3 is 0 Å². The van der Waals surface area contributed by atoms with Crippen LogP contribution in [0, 0.1) is 0 Å². The zero-order valence-corrected chi connectivity index (χ0v) is 12.1. The van der Waals surface area contributed by atoms with Gasteiger partial charge in [-0.1, -0.05) is 60.7 Å². The molecule has 0 saturated heterocycles. The van der Waals surface area contributed by atoms with Gasteiger partial charge in [-0.05, 0) is 39.2 Å². The summed E-state index contributed by atoms with van der Waals surface area (Å²) in [7, 11) is 0. The van der Waals surface area contributed by atoms with Crippen LogP contribution in [0.25, 0.3) is 32.7 Å². The van der Waals surface area contributed by atoms with Crippen LogP contribution in [-0.2, 0) is 0 Å². The smallest absolute Gasteiger partial charge is 0.0627 e.